The Morgan fingerprint density at radius 2 is 1.45 bits per heavy atom. The lowest BCUT2D eigenvalue weighted by atomic mass is 9.89. The first kappa shape index (κ1) is 20.8. The molecule has 5 aromatic carbocycles. The molecule has 1 heterocycles. The molecule has 0 saturated heterocycles. The number of aromatic nitrogens is 2. The highest BCUT2D eigenvalue weighted by molar-refractivity contribution is 6.25. The topological polar surface area (TPSA) is 38.1 Å². The van der Waals surface area contributed by atoms with Crippen molar-refractivity contribution in [3.05, 3.63) is 97.2 Å². The molecule has 0 fully saturated rings. The van der Waals surface area contributed by atoms with E-state index in [1.54, 1.807) is 12.3 Å². The minimum absolute atomic E-state index is 0.642. The van der Waals surface area contributed by atoms with Crippen LogP contribution in [0, 0.1) is 0 Å². The van der Waals surface area contributed by atoms with E-state index in [9.17, 15) is 0 Å². The lowest BCUT2D eigenvalue weighted by Gasteiger charge is -2.15. The zero-order chi connectivity index (χ0) is 22.8. The molecule has 0 aliphatic heterocycles. The molecule has 0 amide bonds. The van der Waals surface area contributed by atoms with Crippen LogP contribution >= 0.6 is 0 Å². The number of rotatable bonds is 4. The smallest absolute Gasteiger partial charge is 0.0899 e. The number of aliphatic imine (C=N–C) groups is 1. The van der Waals surface area contributed by atoms with E-state index in [2.05, 4.69) is 65.1 Å². The van der Waals surface area contributed by atoms with Crippen LogP contribution < -0.4 is 0 Å². The summed E-state index contributed by atoms with van der Waals surface area (Å²) in [5.74, 6) is 0. The van der Waals surface area contributed by atoms with E-state index in [0.717, 1.165) is 22.3 Å². The van der Waals surface area contributed by atoms with Gasteiger partial charge in [0, 0.05) is 11.8 Å². The van der Waals surface area contributed by atoms with E-state index in [1.807, 2.05) is 44.3 Å². The van der Waals surface area contributed by atoms with Gasteiger partial charge in [-0.25, -0.2) is 4.98 Å². The van der Waals surface area contributed by atoms with Gasteiger partial charge in [-0.3, -0.25) is 9.98 Å². The Hall–Kier alpha value is -4.11. The molecule has 0 unspecified atom stereocenters. The molecule has 33 heavy (non-hydrogen) atoms. The molecule has 6 aromatic rings. The molecular formula is C30H25N3. The molecule has 0 atom stereocenters. The Bertz CT molecular complexity index is 1630. The van der Waals surface area contributed by atoms with Crippen molar-refractivity contribution in [3.8, 4) is 11.3 Å². The van der Waals surface area contributed by atoms with Crippen molar-refractivity contribution in [1.29, 1.82) is 0 Å². The lowest BCUT2D eigenvalue weighted by Crippen LogP contribution is -1.93. The Balaban J connectivity index is 0.00000111. The van der Waals surface area contributed by atoms with Crippen molar-refractivity contribution in [2.24, 2.45) is 4.99 Å². The van der Waals surface area contributed by atoms with Crippen LogP contribution in [0.1, 0.15) is 19.4 Å². The highest BCUT2D eigenvalue weighted by Crippen LogP contribution is 2.40. The molecule has 160 valence electrons. The maximum atomic E-state index is 4.90. The normalized spacial score (nSPS) is 11.5. The van der Waals surface area contributed by atoms with E-state index in [-0.39, 0.29) is 0 Å². The third-order valence-electron chi connectivity index (χ3n) is 5.95. The average molecular weight is 428 g/mol. The van der Waals surface area contributed by atoms with Gasteiger partial charge in [-0.15, -0.1) is 0 Å². The van der Waals surface area contributed by atoms with Crippen LogP contribution in [-0.4, -0.2) is 16.2 Å². The predicted octanol–water partition coefficient (Wildman–Crippen LogP) is 7.98. The molecule has 0 radical (unpaired) electrons. The van der Waals surface area contributed by atoms with Gasteiger partial charge >= 0.3 is 0 Å². The molecule has 0 bridgehead atoms. The quantitative estimate of drug-likeness (QED) is 0.211. The zero-order valence-corrected chi connectivity index (χ0v) is 18.9. The van der Waals surface area contributed by atoms with Crippen LogP contribution in [0.5, 0.6) is 0 Å². The summed E-state index contributed by atoms with van der Waals surface area (Å²) < 4.78 is 0. The minimum Gasteiger partial charge on any atom is -0.288 e. The third-order valence-corrected chi connectivity index (χ3v) is 5.95. The standard InChI is InChI=1S/C28H19N3.C2H6/c1-2-15-29-16-20-8-7-18-11-14-23-22(13-10-19-9-12-21(20)27(18)28(19)23)26-17-30-24-5-3-4-6-25(24)31-26;1-2/h2-15,17H,1,16H2;1-2H3. The van der Waals surface area contributed by atoms with Gasteiger partial charge in [0.2, 0.25) is 0 Å². The highest BCUT2D eigenvalue weighted by Gasteiger charge is 2.14. The van der Waals surface area contributed by atoms with Crippen LogP contribution in [-0.2, 0) is 6.54 Å². The van der Waals surface area contributed by atoms with Gasteiger partial charge in [-0.1, -0.05) is 87.2 Å². The van der Waals surface area contributed by atoms with E-state index in [1.165, 1.54) is 37.9 Å². The van der Waals surface area contributed by atoms with Gasteiger partial charge in [0.1, 0.15) is 0 Å². The highest BCUT2D eigenvalue weighted by atomic mass is 14.8. The average Bonchev–Trinajstić information content (AvgIpc) is 2.89. The van der Waals surface area contributed by atoms with Crippen molar-refractivity contribution in [3.63, 3.8) is 0 Å². The van der Waals surface area contributed by atoms with E-state index < -0.39 is 0 Å². The first-order valence-corrected chi connectivity index (χ1v) is 11.4. The molecule has 0 saturated carbocycles. The van der Waals surface area contributed by atoms with Crippen molar-refractivity contribution < 1.29 is 0 Å². The predicted molar refractivity (Wildman–Crippen MR) is 142 cm³/mol. The van der Waals surface area contributed by atoms with Crippen molar-refractivity contribution in [1.82, 2.24) is 9.97 Å². The molecule has 3 nitrogen and oxygen atoms in total. The fourth-order valence-electron chi connectivity index (χ4n) is 4.54. The summed E-state index contributed by atoms with van der Waals surface area (Å²) in [4.78, 5) is 14.0. The second-order valence-corrected chi connectivity index (χ2v) is 7.73. The molecule has 0 N–H and O–H groups in total. The number of hydrogen-bond acceptors (Lipinski definition) is 3. The Kier molecular flexibility index (Phi) is 5.54. The second kappa shape index (κ2) is 8.79. The van der Waals surface area contributed by atoms with Crippen molar-refractivity contribution >= 4 is 49.6 Å². The number of allylic oxidation sites excluding steroid dienone is 1. The van der Waals surface area contributed by atoms with Crippen molar-refractivity contribution in [2.75, 3.05) is 0 Å². The molecule has 6 rings (SSSR count). The largest absolute Gasteiger partial charge is 0.288 e. The van der Waals surface area contributed by atoms with Gasteiger partial charge < -0.3 is 0 Å². The molecule has 0 aliphatic rings. The second-order valence-electron chi connectivity index (χ2n) is 7.73. The third kappa shape index (κ3) is 3.52. The van der Waals surface area contributed by atoms with Gasteiger partial charge in [0.15, 0.2) is 0 Å². The van der Waals surface area contributed by atoms with E-state index in [4.69, 9.17) is 4.98 Å². The summed E-state index contributed by atoms with van der Waals surface area (Å²) in [7, 11) is 0. The first-order valence-electron chi connectivity index (χ1n) is 11.4. The van der Waals surface area contributed by atoms with Crippen LogP contribution in [0.4, 0.5) is 0 Å². The summed E-state index contributed by atoms with van der Waals surface area (Å²) in [5.41, 5.74) is 5.04. The van der Waals surface area contributed by atoms with E-state index in [0.29, 0.717) is 6.54 Å². The summed E-state index contributed by atoms with van der Waals surface area (Å²) in [6.07, 6.45) is 5.35. The molecule has 3 heteroatoms. The number of fused-ring (bicyclic) bond motifs is 1. The maximum Gasteiger partial charge on any atom is 0.0899 e. The van der Waals surface area contributed by atoms with E-state index >= 15 is 0 Å². The number of hydrogen-bond donors (Lipinski definition) is 0. The van der Waals surface area contributed by atoms with Gasteiger partial charge in [0.25, 0.3) is 0 Å². The SMILES string of the molecule is C=CC=NCc1ccc2ccc3c(-c4cnc5ccccc5n4)ccc4ccc1c2c43.CC. The van der Waals surface area contributed by atoms with Crippen molar-refractivity contribution in [2.45, 2.75) is 20.4 Å². The lowest BCUT2D eigenvalue weighted by molar-refractivity contribution is 1.10. The van der Waals surface area contributed by atoms with Gasteiger partial charge in [-0.05, 0) is 50.0 Å². The van der Waals surface area contributed by atoms with Crippen LogP contribution in [0.2, 0.25) is 0 Å². The summed E-state index contributed by atoms with van der Waals surface area (Å²) in [5, 5.41) is 7.49. The summed E-state index contributed by atoms with van der Waals surface area (Å²) in [6, 6.07) is 25.6. The zero-order valence-electron chi connectivity index (χ0n) is 18.9. The summed E-state index contributed by atoms with van der Waals surface area (Å²) >= 11 is 0. The van der Waals surface area contributed by atoms with Crippen LogP contribution in [0.25, 0.3) is 54.6 Å². The number of para-hydroxylation sites is 2. The van der Waals surface area contributed by atoms with Crippen LogP contribution in [0.3, 0.4) is 0 Å². The molecule has 1 aromatic heterocycles. The monoisotopic (exact) mass is 427 g/mol. The number of nitrogens with zero attached hydrogens (tertiary/aromatic N) is 3. The number of benzene rings is 5. The molecule has 0 spiro atoms. The fraction of sp³-hybridized carbons (Fsp3) is 0.100. The van der Waals surface area contributed by atoms with Crippen LogP contribution in [0.15, 0.2) is 96.6 Å². The molecular weight excluding hydrogens is 402 g/mol. The Morgan fingerprint density at radius 3 is 2.24 bits per heavy atom. The summed E-state index contributed by atoms with van der Waals surface area (Å²) in [6.45, 7) is 8.36. The van der Waals surface area contributed by atoms with Gasteiger partial charge in [-0.2, -0.15) is 0 Å². The maximum absolute atomic E-state index is 4.90. The van der Waals surface area contributed by atoms with Gasteiger partial charge in [0.05, 0.1) is 29.5 Å². The Morgan fingerprint density at radius 1 is 0.788 bits per heavy atom. The first-order chi connectivity index (χ1) is 16.3. The fourth-order valence-corrected chi connectivity index (χ4v) is 4.54. The minimum atomic E-state index is 0.642. The Labute approximate surface area is 193 Å². The molecule has 0 aliphatic carbocycles.